The van der Waals surface area contributed by atoms with Gasteiger partial charge in [-0.2, -0.15) is 0 Å². The summed E-state index contributed by atoms with van der Waals surface area (Å²) >= 11 is 5.91. The fraction of sp³-hybridized carbons (Fsp3) is 0.533. The monoisotopic (exact) mass is 316 g/mol. The van der Waals surface area contributed by atoms with Crippen molar-refractivity contribution in [3.63, 3.8) is 0 Å². The summed E-state index contributed by atoms with van der Waals surface area (Å²) < 4.78 is 26.5. The molecule has 2 rings (SSSR count). The van der Waals surface area contributed by atoms with Crippen LogP contribution in [0.2, 0.25) is 5.02 Å². The van der Waals surface area contributed by atoms with E-state index < -0.39 is 11.6 Å². The molecule has 1 amide bonds. The summed E-state index contributed by atoms with van der Waals surface area (Å²) in [7, 11) is 0. The highest BCUT2D eigenvalue weighted by molar-refractivity contribution is 6.33. The molecular formula is C15H19ClF2N2O. The highest BCUT2D eigenvalue weighted by Gasteiger charge is 2.27. The molecule has 1 aliphatic heterocycles. The largest absolute Gasteiger partial charge is 0.336 e. The molecule has 1 aliphatic rings. The van der Waals surface area contributed by atoms with Crippen LogP contribution in [0, 0.1) is 11.6 Å². The molecule has 0 atom stereocenters. The van der Waals surface area contributed by atoms with Gasteiger partial charge in [-0.1, -0.05) is 18.5 Å². The number of benzene rings is 1. The minimum atomic E-state index is -1.05. The first-order valence-electron chi connectivity index (χ1n) is 7.20. The van der Waals surface area contributed by atoms with E-state index in [1.807, 2.05) is 6.92 Å². The van der Waals surface area contributed by atoms with Crippen molar-refractivity contribution in [2.24, 2.45) is 0 Å². The van der Waals surface area contributed by atoms with E-state index in [0.29, 0.717) is 6.54 Å². The second-order valence-electron chi connectivity index (χ2n) is 5.23. The summed E-state index contributed by atoms with van der Waals surface area (Å²) in [6.45, 7) is 4.26. The van der Waals surface area contributed by atoms with Crippen molar-refractivity contribution in [1.82, 2.24) is 10.2 Å². The lowest BCUT2D eigenvalue weighted by Crippen LogP contribution is -2.46. The van der Waals surface area contributed by atoms with E-state index in [1.54, 1.807) is 4.90 Å². The van der Waals surface area contributed by atoms with E-state index >= 15 is 0 Å². The van der Waals surface area contributed by atoms with Crippen LogP contribution in [0.1, 0.15) is 36.5 Å². The maximum atomic E-state index is 13.4. The van der Waals surface area contributed by atoms with Crippen LogP contribution < -0.4 is 5.32 Å². The maximum absolute atomic E-state index is 13.4. The molecule has 1 heterocycles. The average Bonchev–Trinajstić information content (AvgIpc) is 2.49. The molecule has 1 fully saturated rings. The van der Waals surface area contributed by atoms with Gasteiger partial charge in [0.05, 0.1) is 10.6 Å². The maximum Gasteiger partial charge on any atom is 0.255 e. The summed E-state index contributed by atoms with van der Waals surface area (Å²) in [5.74, 6) is -2.42. The van der Waals surface area contributed by atoms with Crippen LogP contribution in [-0.2, 0) is 0 Å². The molecule has 6 heteroatoms. The van der Waals surface area contributed by atoms with E-state index in [1.165, 1.54) is 0 Å². The Morgan fingerprint density at radius 2 is 1.95 bits per heavy atom. The van der Waals surface area contributed by atoms with Crippen molar-refractivity contribution in [3.8, 4) is 0 Å². The second-order valence-corrected chi connectivity index (χ2v) is 5.63. The van der Waals surface area contributed by atoms with E-state index in [2.05, 4.69) is 5.32 Å². The summed E-state index contributed by atoms with van der Waals surface area (Å²) in [6.07, 6.45) is 2.51. The van der Waals surface area contributed by atoms with Crippen molar-refractivity contribution in [3.05, 3.63) is 34.4 Å². The number of nitrogens with one attached hydrogen (secondary N) is 1. The molecule has 1 aromatic rings. The predicted octanol–water partition coefficient (Wildman–Crippen LogP) is 3.22. The van der Waals surface area contributed by atoms with Gasteiger partial charge in [-0.3, -0.25) is 4.79 Å². The van der Waals surface area contributed by atoms with Gasteiger partial charge in [-0.15, -0.1) is 0 Å². The number of nitrogens with zero attached hydrogens (tertiary/aromatic N) is 1. The zero-order valence-corrected chi connectivity index (χ0v) is 12.7. The van der Waals surface area contributed by atoms with Crippen LogP contribution in [0.25, 0.3) is 0 Å². The number of carbonyl (C=O) groups excluding carboxylic acids is 1. The fourth-order valence-electron chi connectivity index (χ4n) is 2.65. The number of hydrogen-bond donors (Lipinski definition) is 1. The Labute approximate surface area is 128 Å². The standard InChI is InChI=1S/C15H19ClF2N2O/c1-2-7-20(10-3-5-19-6-4-10)15(21)11-8-13(17)14(18)9-12(11)16/h8-10,19H,2-7H2,1H3. The number of halogens is 3. The number of amides is 1. The van der Waals surface area contributed by atoms with Gasteiger partial charge in [0.25, 0.3) is 5.91 Å². The highest BCUT2D eigenvalue weighted by Crippen LogP contribution is 2.24. The van der Waals surface area contributed by atoms with Crippen molar-refractivity contribution >= 4 is 17.5 Å². The Morgan fingerprint density at radius 1 is 1.33 bits per heavy atom. The molecule has 0 radical (unpaired) electrons. The molecule has 1 N–H and O–H groups in total. The van der Waals surface area contributed by atoms with Crippen molar-refractivity contribution < 1.29 is 13.6 Å². The molecular weight excluding hydrogens is 298 g/mol. The predicted molar refractivity (Wildman–Crippen MR) is 78.6 cm³/mol. The Morgan fingerprint density at radius 3 is 2.57 bits per heavy atom. The van der Waals surface area contributed by atoms with Gasteiger partial charge < -0.3 is 10.2 Å². The molecule has 1 saturated heterocycles. The number of rotatable bonds is 4. The zero-order valence-electron chi connectivity index (χ0n) is 12.0. The molecule has 0 unspecified atom stereocenters. The molecule has 0 aliphatic carbocycles. The van der Waals surface area contributed by atoms with Crippen LogP contribution in [0.15, 0.2) is 12.1 Å². The molecule has 0 saturated carbocycles. The van der Waals surface area contributed by atoms with Crippen molar-refractivity contribution in [1.29, 1.82) is 0 Å². The number of carbonyl (C=O) groups is 1. The Hall–Kier alpha value is -1.20. The minimum Gasteiger partial charge on any atom is -0.336 e. The van der Waals surface area contributed by atoms with Crippen molar-refractivity contribution in [2.45, 2.75) is 32.2 Å². The average molecular weight is 317 g/mol. The summed E-state index contributed by atoms with van der Waals surface area (Å²) in [6, 6.07) is 1.86. The smallest absolute Gasteiger partial charge is 0.255 e. The molecule has 116 valence electrons. The second kappa shape index (κ2) is 7.18. The van der Waals surface area contributed by atoms with Crippen LogP contribution in [0.3, 0.4) is 0 Å². The Balaban J connectivity index is 2.27. The molecule has 21 heavy (non-hydrogen) atoms. The third kappa shape index (κ3) is 3.71. The Bertz CT molecular complexity index is 519. The molecule has 0 aromatic heterocycles. The highest BCUT2D eigenvalue weighted by atomic mass is 35.5. The quantitative estimate of drug-likeness (QED) is 0.865. The lowest BCUT2D eigenvalue weighted by molar-refractivity contribution is 0.0642. The molecule has 0 bridgehead atoms. The lowest BCUT2D eigenvalue weighted by atomic mass is 10.0. The van der Waals surface area contributed by atoms with Crippen molar-refractivity contribution in [2.75, 3.05) is 19.6 Å². The van der Waals surface area contributed by atoms with E-state index in [-0.39, 0.29) is 22.5 Å². The van der Waals surface area contributed by atoms with E-state index in [9.17, 15) is 13.6 Å². The normalized spacial score (nSPS) is 16.0. The van der Waals surface area contributed by atoms with Gasteiger partial charge in [-0.05, 0) is 44.5 Å². The zero-order chi connectivity index (χ0) is 15.4. The van der Waals surface area contributed by atoms with Gasteiger partial charge in [0.1, 0.15) is 0 Å². The minimum absolute atomic E-state index is 0.0301. The molecule has 1 aromatic carbocycles. The third-order valence-corrected chi connectivity index (χ3v) is 4.03. The summed E-state index contributed by atoms with van der Waals surface area (Å²) in [5, 5.41) is 3.20. The van der Waals surface area contributed by atoms with Gasteiger partial charge in [0.2, 0.25) is 0 Å². The number of piperidine rings is 1. The van der Waals surface area contributed by atoms with Gasteiger partial charge >= 0.3 is 0 Å². The molecule has 3 nitrogen and oxygen atoms in total. The van der Waals surface area contributed by atoms with Crippen LogP contribution in [0.5, 0.6) is 0 Å². The first kappa shape index (κ1) is 16.2. The third-order valence-electron chi connectivity index (χ3n) is 3.72. The first-order chi connectivity index (χ1) is 10.0. The van der Waals surface area contributed by atoms with E-state index in [0.717, 1.165) is 44.5 Å². The van der Waals surface area contributed by atoms with Crippen LogP contribution in [0.4, 0.5) is 8.78 Å². The number of hydrogen-bond acceptors (Lipinski definition) is 2. The van der Waals surface area contributed by atoms with E-state index in [4.69, 9.17) is 11.6 Å². The summed E-state index contributed by atoms with van der Waals surface area (Å²) in [4.78, 5) is 14.4. The topological polar surface area (TPSA) is 32.3 Å². The lowest BCUT2D eigenvalue weighted by Gasteiger charge is -2.34. The molecule has 0 spiro atoms. The van der Waals surface area contributed by atoms with Gasteiger partial charge in [0, 0.05) is 12.6 Å². The SMILES string of the molecule is CCCN(C(=O)c1cc(F)c(F)cc1Cl)C1CCNCC1. The Kier molecular flexibility index (Phi) is 5.53. The van der Waals surface area contributed by atoms with Crippen LogP contribution >= 0.6 is 11.6 Å². The fourth-order valence-corrected chi connectivity index (χ4v) is 2.88. The van der Waals surface area contributed by atoms with Gasteiger partial charge in [-0.25, -0.2) is 8.78 Å². The first-order valence-corrected chi connectivity index (χ1v) is 7.58. The summed E-state index contributed by atoms with van der Waals surface area (Å²) in [5.41, 5.74) is 0.0301. The van der Waals surface area contributed by atoms with Crippen LogP contribution in [-0.4, -0.2) is 36.5 Å². The van der Waals surface area contributed by atoms with Gasteiger partial charge in [0.15, 0.2) is 11.6 Å².